The lowest BCUT2D eigenvalue weighted by molar-refractivity contribution is 0.321. The summed E-state index contributed by atoms with van der Waals surface area (Å²) in [5, 5.41) is 11.3. The zero-order valence-electron chi connectivity index (χ0n) is 6.37. The first-order valence-corrected chi connectivity index (χ1v) is 3.82. The molecular weight excluding hydrogens is 172 g/mol. The molecule has 0 fully saturated rings. The van der Waals surface area contributed by atoms with Gasteiger partial charge in [0.2, 0.25) is 0 Å². The number of benzene rings is 1. The molecule has 60 valence electrons. The Morgan fingerprint density at radius 1 is 1.42 bits per heavy atom. The maximum absolute atomic E-state index is 8.35. The number of hydrogen-bond donors (Lipinski definition) is 1. The van der Waals surface area contributed by atoms with Crippen molar-refractivity contribution in [2.24, 2.45) is 5.16 Å². The van der Waals surface area contributed by atoms with Crippen molar-refractivity contribution in [2.75, 3.05) is 0 Å². The van der Waals surface area contributed by atoms with Gasteiger partial charge in [0.25, 0.3) is 0 Å². The van der Waals surface area contributed by atoms with Crippen molar-refractivity contribution in [1.29, 1.82) is 0 Å². The SMILES string of the molecule is [B]Cc1ccc(/C(Cl)=N/O)cc1. The van der Waals surface area contributed by atoms with Crippen LogP contribution in [0, 0.1) is 0 Å². The molecule has 1 rings (SSSR count). The van der Waals surface area contributed by atoms with E-state index in [-0.39, 0.29) is 5.17 Å². The molecule has 1 N–H and O–H groups in total. The van der Waals surface area contributed by atoms with Crippen LogP contribution < -0.4 is 0 Å². The van der Waals surface area contributed by atoms with Crippen molar-refractivity contribution in [2.45, 2.75) is 6.32 Å². The summed E-state index contributed by atoms with van der Waals surface area (Å²) < 4.78 is 0. The van der Waals surface area contributed by atoms with E-state index in [1.807, 2.05) is 12.1 Å². The number of nitrogens with zero attached hydrogens (tertiary/aromatic N) is 1. The minimum atomic E-state index is 0.0820. The maximum atomic E-state index is 8.35. The molecule has 0 saturated heterocycles. The minimum Gasteiger partial charge on any atom is -0.410 e. The summed E-state index contributed by atoms with van der Waals surface area (Å²) >= 11 is 5.55. The predicted octanol–water partition coefficient (Wildman–Crippen LogP) is 1.73. The number of rotatable bonds is 2. The normalized spacial score (nSPS) is 11.6. The van der Waals surface area contributed by atoms with Crippen LogP contribution in [-0.2, 0) is 6.32 Å². The van der Waals surface area contributed by atoms with Crippen LogP contribution in [0.3, 0.4) is 0 Å². The van der Waals surface area contributed by atoms with Gasteiger partial charge in [-0.2, -0.15) is 0 Å². The molecule has 0 aliphatic rings. The second-order valence-electron chi connectivity index (χ2n) is 2.29. The zero-order chi connectivity index (χ0) is 8.97. The summed E-state index contributed by atoms with van der Waals surface area (Å²) in [7, 11) is 5.40. The van der Waals surface area contributed by atoms with Gasteiger partial charge in [-0.15, -0.1) is 0 Å². The minimum absolute atomic E-state index is 0.0820. The molecule has 1 aromatic carbocycles. The highest BCUT2D eigenvalue weighted by atomic mass is 35.5. The molecule has 0 spiro atoms. The predicted molar refractivity (Wildman–Crippen MR) is 50.1 cm³/mol. The molecular formula is C8H7BClNO. The summed E-state index contributed by atoms with van der Waals surface area (Å²) in [4.78, 5) is 0. The second kappa shape index (κ2) is 4.17. The first-order valence-electron chi connectivity index (χ1n) is 3.45. The van der Waals surface area contributed by atoms with Crippen LogP contribution in [0.5, 0.6) is 0 Å². The summed E-state index contributed by atoms with van der Waals surface area (Å²) in [6.45, 7) is 0. The summed E-state index contributed by atoms with van der Waals surface area (Å²) in [6, 6.07) is 7.18. The molecule has 0 unspecified atom stereocenters. The van der Waals surface area contributed by atoms with E-state index < -0.39 is 0 Å². The molecule has 0 aliphatic carbocycles. The fourth-order valence-corrected chi connectivity index (χ4v) is 0.962. The molecule has 0 atom stereocenters. The third kappa shape index (κ3) is 2.01. The van der Waals surface area contributed by atoms with E-state index in [0.29, 0.717) is 11.9 Å². The smallest absolute Gasteiger partial charge is 0.175 e. The highest BCUT2D eigenvalue weighted by Crippen LogP contribution is 2.07. The van der Waals surface area contributed by atoms with E-state index in [2.05, 4.69) is 5.16 Å². The van der Waals surface area contributed by atoms with Gasteiger partial charge in [-0.1, -0.05) is 52.9 Å². The fourth-order valence-electron chi connectivity index (χ4n) is 0.836. The molecule has 1 aromatic rings. The zero-order valence-corrected chi connectivity index (χ0v) is 7.12. The van der Waals surface area contributed by atoms with Crippen molar-refractivity contribution in [3.8, 4) is 0 Å². The van der Waals surface area contributed by atoms with Gasteiger partial charge < -0.3 is 5.21 Å². The first kappa shape index (κ1) is 9.14. The molecule has 0 aliphatic heterocycles. The van der Waals surface area contributed by atoms with Crippen molar-refractivity contribution in [1.82, 2.24) is 0 Å². The quantitative estimate of drug-likeness (QED) is 0.319. The van der Waals surface area contributed by atoms with E-state index in [0.717, 1.165) is 5.56 Å². The van der Waals surface area contributed by atoms with Gasteiger partial charge in [-0.3, -0.25) is 0 Å². The highest BCUT2D eigenvalue weighted by Gasteiger charge is 1.98. The Hall–Kier alpha value is -0.955. The average Bonchev–Trinajstić information content (AvgIpc) is 2.17. The second-order valence-corrected chi connectivity index (χ2v) is 2.65. The lowest BCUT2D eigenvalue weighted by Gasteiger charge is -1.98. The number of halogens is 1. The standard InChI is InChI=1S/C8H7BClNO/c9-5-6-1-3-7(4-2-6)8(10)11-12/h1-4,12H,5H2/b11-8-. The van der Waals surface area contributed by atoms with Crippen LogP contribution in [-0.4, -0.2) is 18.2 Å². The molecule has 4 heteroatoms. The summed E-state index contributed by atoms with van der Waals surface area (Å²) in [5.41, 5.74) is 1.69. The van der Waals surface area contributed by atoms with Crippen LogP contribution in [0.1, 0.15) is 11.1 Å². The van der Waals surface area contributed by atoms with Gasteiger partial charge in [-0.05, 0) is 0 Å². The van der Waals surface area contributed by atoms with E-state index in [9.17, 15) is 0 Å². The highest BCUT2D eigenvalue weighted by molar-refractivity contribution is 6.69. The largest absolute Gasteiger partial charge is 0.410 e. The number of hydrogen-bond acceptors (Lipinski definition) is 2. The topological polar surface area (TPSA) is 32.6 Å². The summed E-state index contributed by atoms with van der Waals surface area (Å²) in [5.74, 6) is 0. The van der Waals surface area contributed by atoms with E-state index in [1.165, 1.54) is 0 Å². The Labute approximate surface area is 77.3 Å². The molecule has 2 nitrogen and oxygen atoms in total. The van der Waals surface area contributed by atoms with Gasteiger partial charge in [0.1, 0.15) is 0 Å². The summed E-state index contributed by atoms with van der Waals surface area (Å²) in [6.07, 6.45) is 0.494. The van der Waals surface area contributed by atoms with E-state index in [1.54, 1.807) is 12.1 Å². The maximum Gasteiger partial charge on any atom is 0.175 e. The lowest BCUT2D eigenvalue weighted by atomic mass is 9.96. The van der Waals surface area contributed by atoms with Crippen molar-refractivity contribution in [3.05, 3.63) is 35.4 Å². The third-order valence-corrected chi connectivity index (χ3v) is 1.81. The molecule has 2 radical (unpaired) electrons. The Morgan fingerprint density at radius 3 is 2.42 bits per heavy atom. The molecule has 12 heavy (non-hydrogen) atoms. The molecule has 0 aromatic heterocycles. The van der Waals surface area contributed by atoms with Crippen LogP contribution in [0.25, 0.3) is 0 Å². The Morgan fingerprint density at radius 2 is 2.00 bits per heavy atom. The van der Waals surface area contributed by atoms with Gasteiger partial charge in [0.15, 0.2) is 5.17 Å². The molecule has 0 saturated carbocycles. The molecule has 0 bridgehead atoms. The van der Waals surface area contributed by atoms with Crippen molar-refractivity contribution < 1.29 is 5.21 Å². The Balaban J connectivity index is 2.92. The van der Waals surface area contributed by atoms with Crippen LogP contribution in [0.2, 0.25) is 0 Å². The van der Waals surface area contributed by atoms with E-state index >= 15 is 0 Å². The van der Waals surface area contributed by atoms with Crippen LogP contribution in [0.4, 0.5) is 0 Å². The van der Waals surface area contributed by atoms with Gasteiger partial charge in [-0.25, -0.2) is 0 Å². The molecule has 0 heterocycles. The molecule has 0 amide bonds. The van der Waals surface area contributed by atoms with Gasteiger partial charge in [0, 0.05) is 5.56 Å². The van der Waals surface area contributed by atoms with Gasteiger partial charge in [0.05, 0.1) is 7.85 Å². The van der Waals surface area contributed by atoms with Crippen molar-refractivity contribution >= 4 is 24.6 Å². The first-order chi connectivity index (χ1) is 5.77. The van der Waals surface area contributed by atoms with Gasteiger partial charge >= 0.3 is 0 Å². The Bertz CT molecular complexity index is 284. The Kier molecular flexibility index (Phi) is 3.17. The lowest BCUT2D eigenvalue weighted by Crippen LogP contribution is -1.91. The monoisotopic (exact) mass is 179 g/mol. The van der Waals surface area contributed by atoms with Crippen LogP contribution >= 0.6 is 11.6 Å². The third-order valence-electron chi connectivity index (χ3n) is 1.52. The average molecular weight is 179 g/mol. The fraction of sp³-hybridized carbons (Fsp3) is 0.125. The number of oxime groups is 1. The van der Waals surface area contributed by atoms with E-state index in [4.69, 9.17) is 24.7 Å². The van der Waals surface area contributed by atoms with Crippen molar-refractivity contribution in [3.63, 3.8) is 0 Å². The van der Waals surface area contributed by atoms with Crippen LogP contribution in [0.15, 0.2) is 29.4 Å².